The third kappa shape index (κ3) is 4.58. The number of urea groups is 1. The first-order chi connectivity index (χ1) is 11.7. The van der Waals surface area contributed by atoms with Crippen LogP contribution in [0, 0.1) is 5.82 Å². The molecule has 0 aliphatic carbocycles. The zero-order chi connectivity index (χ0) is 18.6. The summed E-state index contributed by atoms with van der Waals surface area (Å²) in [7, 11) is 0. The monoisotopic (exact) mass is 372 g/mol. The van der Waals surface area contributed by atoms with Crippen molar-refractivity contribution in [3.05, 3.63) is 34.6 Å². The summed E-state index contributed by atoms with van der Waals surface area (Å²) < 4.78 is 13.3. The van der Waals surface area contributed by atoms with Gasteiger partial charge in [0.1, 0.15) is 5.82 Å². The molecule has 0 spiro atoms. The third-order valence-corrected chi connectivity index (χ3v) is 4.03. The molecule has 1 aliphatic rings. The summed E-state index contributed by atoms with van der Waals surface area (Å²) in [6.07, 6.45) is -0.0852. The second-order valence-corrected chi connectivity index (χ2v) is 6.09. The fourth-order valence-corrected chi connectivity index (χ4v) is 2.79. The first-order valence-corrected chi connectivity index (χ1v) is 7.88. The van der Waals surface area contributed by atoms with Gasteiger partial charge in [0, 0.05) is 37.6 Å². The fourth-order valence-electron chi connectivity index (χ4n) is 2.55. The minimum absolute atomic E-state index is 0.0852. The summed E-state index contributed by atoms with van der Waals surface area (Å²) in [5.74, 6) is -2.18. The lowest BCUT2D eigenvalue weighted by molar-refractivity contribution is -0.154. The van der Waals surface area contributed by atoms with Crippen LogP contribution in [0.2, 0.25) is 5.02 Å². The Bertz CT molecular complexity index is 682. The van der Waals surface area contributed by atoms with Crippen molar-refractivity contribution in [1.29, 1.82) is 0 Å². The highest BCUT2D eigenvalue weighted by atomic mass is 35.5. The largest absolute Gasteiger partial charge is 0.372 e. The van der Waals surface area contributed by atoms with Crippen LogP contribution in [0.3, 0.4) is 0 Å². The number of rotatable bonds is 6. The van der Waals surface area contributed by atoms with Crippen molar-refractivity contribution < 1.29 is 23.9 Å². The Labute approximate surface area is 148 Å². The first kappa shape index (κ1) is 18.9. The molecule has 0 saturated carbocycles. The summed E-state index contributed by atoms with van der Waals surface area (Å²) in [6, 6.07) is 3.05. The minimum atomic E-state index is -2.19. The molecule has 8 nitrogen and oxygen atoms in total. The SMILES string of the molecule is NC(=O)NCCN1CCC(O)(C(=O)NCc2cc(F)cc(Cl)c2)C1=O. The number of nitrogens with two attached hydrogens (primary N) is 1. The van der Waals surface area contributed by atoms with Gasteiger partial charge in [-0.3, -0.25) is 9.59 Å². The van der Waals surface area contributed by atoms with Crippen LogP contribution in [-0.4, -0.2) is 53.1 Å². The predicted octanol–water partition coefficient (Wildman–Crippen LogP) is -0.273. The smallest absolute Gasteiger partial charge is 0.312 e. The van der Waals surface area contributed by atoms with Gasteiger partial charge >= 0.3 is 6.03 Å². The van der Waals surface area contributed by atoms with Crippen molar-refractivity contribution in [3.8, 4) is 0 Å². The lowest BCUT2D eigenvalue weighted by atomic mass is 10.0. The number of aliphatic hydroxyl groups is 1. The number of nitrogens with one attached hydrogen (secondary N) is 2. The maximum atomic E-state index is 13.3. The van der Waals surface area contributed by atoms with Crippen molar-refractivity contribution in [3.63, 3.8) is 0 Å². The number of carbonyl (C=O) groups is 3. The van der Waals surface area contributed by atoms with Crippen molar-refractivity contribution in [1.82, 2.24) is 15.5 Å². The number of carbonyl (C=O) groups excluding carboxylic acids is 3. The molecule has 1 heterocycles. The number of amides is 4. The number of halogens is 2. The molecule has 0 aromatic heterocycles. The molecule has 10 heteroatoms. The first-order valence-electron chi connectivity index (χ1n) is 7.50. The molecule has 0 radical (unpaired) electrons. The van der Waals surface area contributed by atoms with Gasteiger partial charge in [-0.15, -0.1) is 0 Å². The standard InChI is InChI=1S/C15H18ClFN4O4/c16-10-5-9(6-11(17)7-10)8-20-12(22)15(25)1-3-21(13(15)23)4-2-19-14(18)24/h5-7,25H,1-4,8H2,(H,20,22)(H3,18,19,24). The van der Waals surface area contributed by atoms with Gasteiger partial charge < -0.3 is 26.4 Å². The van der Waals surface area contributed by atoms with Crippen LogP contribution in [0.15, 0.2) is 18.2 Å². The molecule has 1 saturated heterocycles. The van der Waals surface area contributed by atoms with E-state index in [1.54, 1.807) is 0 Å². The van der Waals surface area contributed by atoms with E-state index in [1.807, 2.05) is 0 Å². The lowest BCUT2D eigenvalue weighted by Gasteiger charge is -2.21. The van der Waals surface area contributed by atoms with Gasteiger partial charge in [0.15, 0.2) is 0 Å². The minimum Gasteiger partial charge on any atom is -0.372 e. The fraction of sp³-hybridized carbons (Fsp3) is 0.400. The zero-order valence-corrected chi connectivity index (χ0v) is 14.0. The van der Waals surface area contributed by atoms with Crippen LogP contribution in [0.25, 0.3) is 0 Å². The summed E-state index contributed by atoms with van der Waals surface area (Å²) >= 11 is 5.73. The van der Waals surface area contributed by atoms with Crippen LogP contribution in [0.1, 0.15) is 12.0 Å². The molecule has 25 heavy (non-hydrogen) atoms. The number of primary amides is 1. The van der Waals surface area contributed by atoms with E-state index in [4.69, 9.17) is 17.3 Å². The van der Waals surface area contributed by atoms with E-state index >= 15 is 0 Å². The molecule has 4 amide bonds. The second kappa shape index (κ2) is 7.66. The van der Waals surface area contributed by atoms with Gasteiger partial charge in [-0.2, -0.15) is 0 Å². The van der Waals surface area contributed by atoms with Crippen molar-refractivity contribution in [2.75, 3.05) is 19.6 Å². The van der Waals surface area contributed by atoms with E-state index in [9.17, 15) is 23.9 Å². The Hall–Kier alpha value is -2.39. The van der Waals surface area contributed by atoms with Crippen LogP contribution in [0.5, 0.6) is 0 Å². The third-order valence-electron chi connectivity index (χ3n) is 3.82. The summed E-state index contributed by atoms with van der Waals surface area (Å²) in [5.41, 5.74) is 3.13. The Morgan fingerprint density at radius 1 is 1.36 bits per heavy atom. The average Bonchev–Trinajstić information content (AvgIpc) is 2.81. The number of nitrogens with zero attached hydrogens (tertiary/aromatic N) is 1. The predicted molar refractivity (Wildman–Crippen MR) is 87.0 cm³/mol. The molecular formula is C15H18ClFN4O4. The summed E-state index contributed by atoms with van der Waals surface area (Å²) in [5, 5.41) is 15.3. The molecule has 136 valence electrons. The summed E-state index contributed by atoms with van der Waals surface area (Å²) in [4.78, 5) is 36.4. The summed E-state index contributed by atoms with van der Waals surface area (Å²) in [6.45, 7) is 0.307. The highest BCUT2D eigenvalue weighted by molar-refractivity contribution is 6.30. The molecule has 5 N–H and O–H groups in total. The van der Waals surface area contributed by atoms with Crippen LogP contribution in [-0.2, 0) is 16.1 Å². The molecule has 0 bridgehead atoms. The van der Waals surface area contributed by atoms with Gasteiger partial charge in [-0.05, 0) is 23.8 Å². The normalized spacial score (nSPS) is 19.8. The van der Waals surface area contributed by atoms with E-state index in [0.717, 1.165) is 6.07 Å². The van der Waals surface area contributed by atoms with E-state index in [2.05, 4.69) is 10.6 Å². The second-order valence-electron chi connectivity index (χ2n) is 5.65. The Balaban J connectivity index is 1.94. The molecule has 1 aromatic carbocycles. The van der Waals surface area contributed by atoms with Crippen LogP contribution >= 0.6 is 11.6 Å². The Morgan fingerprint density at radius 3 is 2.72 bits per heavy atom. The van der Waals surface area contributed by atoms with E-state index < -0.39 is 29.3 Å². The van der Waals surface area contributed by atoms with Gasteiger partial charge in [-0.1, -0.05) is 11.6 Å². The molecule has 1 fully saturated rings. The van der Waals surface area contributed by atoms with Gasteiger partial charge in [0.25, 0.3) is 11.8 Å². The van der Waals surface area contributed by atoms with Crippen LogP contribution < -0.4 is 16.4 Å². The molecule has 1 aromatic rings. The van der Waals surface area contributed by atoms with Gasteiger partial charge in [0.2, 0.25) is 5.60 Å². The van der Waals surface area contributed by atoms with Crippen molar-refractivity contribution >= 4 is 29.4 Å². The number of hydrogen-bond acceptors (Lipinski definition) is 4. The molecule has 1 atom stereocenters. The van der Waals surface area contributed by atoms with Crippen molar-refractivity contribution in [2.24, 2.45) is 5.73 Å². The molecule has 2 rings (SSSR count). The molecule has 1 unspecified atom stereocenters. The van der Waals surface area contributed by atoms with Crippen LogP contribution in [0.4, 0.5) is 9.18 Å². The zero-order valence-electron chi connectivity index (χ0n) is 13.2. The van der Waals surface area contributed by atoms with E-state index in [0.29, 0.717) is 5.56 Å². The highest BCUT2D eigenvalue weighted by Gasteiger charge is 2.50. The number of benzene rings is 1. The quantitative estimate of drug-likeness (QED) is 0.513. The van der Waals surface area contributed by atoms with Crippen molar-refractivity contribution in [2.45, 2.75) is 18.6 Å². The molecular weight excluding hydrogens is 355 g/mol. The van der Waals surface area contributed by atoms with Gasteiger partial charge in [-0.25, -0.2) is 9.18 Å². The lowest BCUT2D eigenvalue weighted by Crippen LogP contribution is -2.52. The van der Waals surface area contributed by atoms with E-state index in [-0.39, 0.29) is 37.6 Å². The van der Waals surface area contributed by atoms with Gasteiger partial charge in [0.05, 0.1) is 0 Å². The maximum absolute atomic E-state index is 13.3. The Morgan fingerprint density at radius 2 is 2.08 bits per heavy atom. The number of hydrogen-bond donors (Lipinski definition) is 4. The average molecular weight is 373 g/mol. The Kier molecular flexibility index (Phi) is 5.81. The van der Waals surface area contributed by atoms with E-state index in [1.165, 1.54) is 17.0 Å². The number of likely N-dealkylation sites (tertiary alicyclic amines) is 1. The topological polar surface area (TPSA) is 125 Å². The highest BCUT2D eigenvalue weighted by Crippen LogP contribution is 2.23. The maximum Gasteiger partial charge on any atom is 0.312 e. The molecule has 1 aliphatic heterocycles.